The summed E-state index contributed by atoms with van der Waals surface area (Å²) in [4.78, 5) is 0. The van der Waals surface area contributed by atoms with Crippen molar-refractivity contribution in [2.45, 2.75) is 42.1 Å². The first-order valence-corrected chi connectivity index (χ1v) is 9.00. The molecule has 2 N–H and O–H groups in total. The second-order valence-electron chi connectivity index (χ2n) is 5.67. The third kappa shape index (κ3) is 3.32. The van der Waals surface area contributed by atoms with E-state index in [9.17, 15) is 4.21 Å². The zero-order valence-electron chi connectivity index (χ0n) is 11.8. The first-order chi connectivity index (χ1) is 10.1. The van der Waals surface area contributed by atoms with Crippen molar-refractivity contribution < 1.29 is 13.7 Å². The van der Waals surface area contributed by atoms with Crippen LogP contribution in [0, 0.1) is 0 Å². The summed E-state index contributed by atoms with van der Waals surface area (Å²) in [5.41, 5.74) is 7.09. The summed E-state index contributed by atoms with van der Waals surface area (Å²) in [6.45, 7) is 1.22. The van der Waals surface area contributed by atoms with Gasteiger partial charge in [0.15, 0.2) is 5.79 Å². The lowest BCUT2D eigenvalue weighted by Crippen LogP contribution is -2.50. The minimum atomic E-state index is -1.09. The number of benzene rings is 1. The third-order valence-corrected chi connectivity index (χ3v) is 6.41. The summed E-state index contributed by atoms with van der Waals surface area (Å²) in [6.07, 6.45) is 2.16. The molecule has 1 aliphatic carbocycles. The first-order valence-electron chi connectivity index (χ1n) is 7.24. The van der Waals surface area contributed by atoms with Crippen LogP contribution in [0.4, 0.5) is 0 Å². The Kier molecular flexibility index (Phi) is 4.66. The van der Waals surface area contributed by atoms with Crippen molar-refractivity contribution in [1.29, 1.82) is 0 Å². The van der Waals surface area contributed by atoms with Crippen LogP contribution in [0.5, 0.6) is 0 Å². The van der Waals surface area contributed by atoms with Gasteiger partial charge >= 0.3 is 0 Å². The molecule has 1 spiro atoms. The third-order valence-electron chi connectivity index (χ3n) is 4.26. The molecule has 0 aromatic heterocycles. The van der Waals surface area contributed by atoms with Gasteiger partial charge in [0.05, 0.1) is 24.2 Å². The Hall–Kier alpha value is -0.460. The van der Waals surface area contributed by atoms with Crippen LogP contribution in [0.15, 0.2) is 24.3 Å². The van der Waals surface area contributed by atoms with Crippen LogP contribution in [0.1, 0.15) is 24.8 Å². The molecule has 1 saturated heterocycles. The molecule has 1 aromatic rings. The molecule has 6 heteroatoms. The van der Waals surface area contributed by atoms with Gasteiger partial charge in [-0.25, -0.2) is 0 Å². The van der Waals surface area contributed by atoms with E-state index < -0.39 is 16.6 Å². The van der Waals surface area contributed by atoms with E-state index in [-0.39, 0.29) is 11.3 Å². The van der Waals surface area contributed by atoms with E-state index in [2.05, 4.69) is 0 Å². The first kappa shape index (κ1) is 15.4. The fourth-order valence-corrected chi connectivity index (χ4v) is 5.08. The summed E-state index contributed by atoms with van der Waals surface area (Å²) in [5.74, 6) is -0.134. The van der Waals surface area contributed by atoms with Crippen LogP contribution < -0.4 is 5.73 Å². The Morgan fingerprint density at radius 3 is 2.76 bits per heavy atom. The maximum absolute atomic E-state index is 12.7. The quantitative estimate of drug-likeness (QED) is 0.923. The second kappa shape index (κ2) is 6.34. The smallest absolute Gasteiger partial charge is 0.169 e. The molecule has 0 radical (unpaired) electrons. The fraction of sp³-hybridized carbons (Fsp3) is 0.600. The molecule has 3 rings (SSSR count). The highest BCUT2D eigenvalue weighted by Crippen LogP contribution is 2.37. The zero-order chi connectivity index (χ0) is 14.9. The van der Waals surface area contributed by atoms with Gasteiger partial charge in [-0.15, -0.1) is 0 Å². The molecule has 2 fully saturated rings. The average Bonchev–Trinajstić information content (AvgIpc) is 2.93. The van der Waals surface area contributed by atoms with E-state index in [4.69, 9.17) is 26.8 Å². The minimum absolute atomic E-state index is 0.0771. The number of nitrogens with two attached hydrogens (primary N) is 1. The summed E-state index contributed by atoms with van der Waals surface area (Å²) >= 11 is 6.15. The molecule has 3 unspecified atom stereocenters. The highest BCUT2D eigenvalue weighted by atomic mass is 35.5. The summed E-state index contributed by atoms with van der Waals surface area (Å²) < 4.78 is 24.2. The average molecular weight is 330 g/mol. The molecule has 3 atom stereocenters. The predicted octanol–water partition coefficient (Wildman–Crippen LogP) is 2.21. The van der Waals surface area contributed by atoms with Crippen molar-refractivity contribution in [2.75, 3.05) is 13.2 Å². The topological polar surface area (TPSA) is 61.6 Å². The highest BCUT2D eigenvalue weighted by molar-refractivity contribution is 7.84. The van der Waals surface area contributed by atoms with Gasteiger partial charge in [-0.05, 0) is 18.1 Å². The Bertz CT molecular complexity index is 533. The van der Waals surface area contributed by atoms with Crippen molar-refractivity contribution in [1.82, 2.24) is 0 Å². The number of hydrogen-bond donors (Lipinski definition) is 1. The standard InChI is InChI=1S/C15H20ClNO3S/c16-12-4-2-1-3-11(12)10-21(18)14-9-15(6-5-13(14)17)19-7-8-20-15/h1-4,13-14H,5-10,17H2. The molecule has 0 bridgehead atoms. The fourth-order valence-electron chi connectivity index (χ4n) is 3.06. The lowest BCUT2D eigenvalue weighted by molar-refractivity contribution is -0.177. The lowest BCUT2D eigenvalue weighted by Gasteiger charge is -2.39. The molecule has 0 amide bonds. The Balaban J connectivity index is 1.72. The number of rotatable bonds is 3. The molecule has 1 aliphatic heterocycles. The van der Waals surface area contributed by atoms with Crippen molar-refractivity contribution in [3.63, 3.8) is 0 Å². The maximum Gasteiger partial charge on any atom is 0.169 e. The van der Waals surface area contributed by atoms with Gasteiger partial charge in [0.25, 0.3) is 0 Å². The van der Waals surface area contributed by atoms with Gasteiger partial charge in [0.1, 0.15) is 0 Å². The number of ether oxygens (including phenoxy) is 2. The van der Waals surface area contributed by atoms with E-state index in [0.717, 1.165) is 18.4 Å². The Labute approximate surface area is 132 Å². The molecule has 116 valence electrons. The van der Waals surface area contributed by atoms with Gasteiger partial charge in [-0.2, -0.15) is 0 Å². The highest BCUT2D eigenvalue weighted by Gasteiger charge is 2.46. The molecule has 1 heterocycles. The summed E-state index contributed by atoms with van der Waals surface area (Å²) in [7, 11) is -1.09. The Morgan fingerprint density at radius 2 is 2.05 bits per heavy atom. The minimum Gasteiger partial charge on any atom is -0.347 e. The maximum atomic E-state index is 12.7. The Morgan fingerprint density at radius 1 is 1.33 bits per heavy atom. The van der Waals surface area contributed by atoms with Gasteiger partial charge < -0.3 is 15.2 Å². The van der Waals surface area contributed by atoms with Crippen LogP contribution in [0.3, 0.4) is 0 Å². The molecular weight excluding hydrogens is 310 g/mol. The normalized spacial score (nSPS) is 29.6. The van der Waals surface area contributed by atoms with E-state index in [0.29, 0.717) is 30.4 Å². The van der Waals surface area contributed by atoms with Crippen molar-refractivity contribution >= 4 is 22.4 Å². The van der Waals surface area contributed by atoms with Crippen LogP contribution in [0.25, 0.3) is 0 Å². The van der Waals surface area contributed by atoms with Crippen molar-refractivity contribution in [3.8, 4) is 0 Å². The van der Waals surface area contributed by atoms with E-state index in [1.165, 1.54) is 0 Å². The monoisotopic (exact) mass is 329 g/mol. The van der Waals surface area contributed by atoms with Crippen LogP contribution in [-0.4, -0.2) is 34.5 Å². The number of hydrogen-bond acceptors (Lipinski definition) is 4. The largest absolute Gasteiger partial charge is 0.347 e. The van der Waals surface area contributed by atoms with E-state index in [1.54, 1.807) is 0 Å². The molecule has 1 saturated carbocycles. The van der Waals surface area contributed by atoms with Gasteiger partial charge in [-0.1, -0.05) is 29.8 Å². The summed E-state index contributed by atoms with van der Waals surface area (Å²) in [5, 5.41) is 0.534. The van der Waals surface area contributed by atoms with Crippen LogP contribution in [0.2, 0.25) is 5.02 Å². The predicted molar refractivity (Wildman–Crippen MR) is 83.5 cm³/mol. The molecule has 1 aromatic carbocycles. The molecule has 21 heavy (non-hydrogen) atoms. The lowest BCUT2D eigenvalue weighted by atomic mass is 9.90. The number of halogens is 1. The molecule has 2 aliphatic rings. The van der Waals surface area contributed by atoms with E-state index in [1.807, 2.05) is 24.3 Å². The second-order valence-corrected chi connectivity index (χ2v) is 7.73. The van der Waals surface area contributed by atoms with Gasteiger partial charge in [0, 0.05) is 34.7 Å². The summed E-state index contributed by atoms with van der Waals surface area (Å²) in [6, 6.07) is 7.43. The van der Waals surface area contributed by atoms with Gasteiger partial charge in [-0.3, -0.25) is 4.21 Å². The van der Waals surface area contributed by atoms with Crippen LogP contribution in [-0.2, 0) is 26.0 Å². The molecular formula is C15H20ClNO3S. The van der Waals surface area contributed by atoms with Crippen molar-refractivity contribution in [2.24, 2.45) is 5.73 Å². The van der Waals surface area contributed by atoms with Gasteiger partial charge in [0.2, 0.25) is 0 Å². The molecule has 4 nitrogen and oxygen atoms in total. The SMILES string of the molecule is NC1CCC2(CC1S(=O)Cc1ccccc1Cl)OCCO2. The van der Waals surface area contributed by atoms with Crippen LogP contribution >= 0.6 is 11.6 Å². The van der Waals surface area contributed by atoms with E-state index >= 15 is 0 Å². The zero-order valence-corrected chi connectivity index (χ0v) is 13.4. The van der Waals surface area contributed by atoms with Crippen molar-refractivity contribution in [3.05, 3.63) is 34.9 Å².